The number of hydrogen-bond donors (Lipinski definition) is 3. The fraction of sp³-hybridized carbons (Fsp3) is 0.333. The lowest BCUT2D eigenvalue weighted by Crippen LogP contribution is -2.51. The molecule has 6 rings (SSSR count). The van der Waals surface area contributed by atoms with Crippen molar-refractivity contribution in [2.45, 2.75) is 49.5 Å². The van der Waals surface area contributed by atoms with Gasteiger partial charge in [-0.3, -0.25) is 14.4 Å². The van der Waals surface area contributed by atoms with Gasteiger partial charge >= 0.3 is 6.18 Å². The maximum absolute atomic E-state index is 14.6. The summed E-state index contributed by atoms with van der Waals surface area (Å²) >= 11 is 0. The normalized spacial score (nSPS) is 20.7. The van der Waals surface area contributed by atoms with Gasteiger partial charge in [-0.05, 0) is 73.9 Å². The van der Waals surface area contributed by atoms with Crippen molar-refractivity contribution >= 4 is 17.7 Å². The summed E-state index contributed by atoms with van der Waals surface area (Å²) in [6.45, 7) is 0.0641. The summed E-state index contributed by atoms with van der Waals surface area (Å²) in [4.78, 5) is 43.8. The first kappa shape index (κ1) is 28.6. The summed E-state index contributed by atoms with van der Waals surface area (Å²) in [7, 11) is 0. The number of rotatable bonds is 7. The fourth-order valence-electron chi connectivity index (χ4n) is 5.41. The maximum Gasteiger partial charge on any atom is 0.424 e. The number of primary amides is 1. The third-order valence-corrected chi connectivity index (χ3v) is 8.32. The Balaban J connectivity index is 1.36. The Hall–Kier alpha value is -4.52. The molecule has 43 heavy (non-hydrogen) atoms. The Kier molecular flexibility index (Phi) is 6.49. The topological polar surface area (TPSA) is 135 Å². The van der Waals surface area contributed by atoms with Gasteiger partial charge in [0.2, 0.25) is 11.5 Å². The molecule has 9 nitrogen and oxygen atoms in total. The van der Waals surface area contributed by atoms with Crippen molar-refractivity contribution in [3.63, 3.8) is 0 Å². The monoisotopic (exact) mass is 598 g/mol. The highest BCUT2D eigenvalue weighted by atomic mass is 19.4. The van der Waals surface area contributed by atoms with Crippen LogP contribution in [0.1, 0.15) is 57.3 Å². The van der Waals surface area contributed by atoms with Crippen molar-refractivity contribution < 1.29 is 41.8 Å². The van der Waals surface area contributed by atoms with Gasteiger partial charge in [0.1, 0.15) is 29.3 Å². The van der Waals surface area contributed by atoms with Crippen molar-refractivity contribution in [2.75, 3.05) is 13.2 Å². The standard InChI is InChI=1S/C30H26F4N4O5/c1-28(27(35)41)14-43-24-21(28)11-22(37-23(24)15-2-5-18(31)6-3-15)29(42,30(32,33)34)13-36-25(39)16-4-9-20-17(10-16)12-38(26(20)40)19-7-8-19/h2-6,9-11,19,42H,7-8,12-14H2,1H3,(H2,35,41)(H,36,39)/t28-,29?/m0/s1. The molecule has 224 valence electrons. The van der Waals surface area contributed by atoms with Crippen LogP contribution in [0.2, 0.25) is 0 Å². The Morgan fingerprint density at radius 3 is 2.49 bits per heavy atom. The van der Waals surface area contributed by atoms with Crippen LogP contribution >= 0.6 is 0 Å². The van der Waals surface area contributed by atoms with Crippen molar-refractivity contribution in [3.8, 4) is 17.0 Å². The molecule has 1 unspecified atom stereocenters. The number of carbonyl (C=O) groups excluding carboxylic acids is 3. The maximum atomic E-state index is 14.6. The van der Waals surface area contributed by atoms with Crippen LogP contribution in [0.3, 0.4) is 0 Å². The summed E-state index contributed by atoms with van der Waals surface area (Å²) < 4.78 is 63.2. The van der Waals surface area contributed by atoms with Crippen LogP contribution in [0.15, 0.2) is 48.5 Å². The number of aliphatic hydroxyl groups is 1. The molecule has 3 heterocycles. The van der Waals surface area contributed by atoms with E-state index in [0.717, 1.165) is 31.0 Å². The van der Waals surface area contributed by atoms with E-state index in [1.807, 2.05) is 0 Å². The van der Waals surface area contributed by atoms with E-state index in [1.165, 1.54) is 37.3 Å². The second kappa shape index (κ2) is 9.76. The van der Waals surface area contributed by atoms with Gasteiger partial charge in [0.25, 0.3) is 11.8 Å². The first-order valence-electron chi connectivity index (χ1n) is 13.5. The van der Waals surface area contributed by atoms with Crippen LogP contribution in [-0.4, -0.2) is 58.1 Å². The molecule has 4 N–H and O–H groups in total. The number of alkyl halides is 3. The lowest BCUT2D eigenvalue weighted by molar-refractivity contribution is -0.265. The molecule has 2 aliphatic heterocycles. The number of fused-ring (bicyclic) bond motifs is 2. The van der Waals surface area contributed by atoms with Crippen LogP contribution in [0.25, 0.3) is 11.3 Å². The smallest absolute Gasteiger partial charge is 0.424 e. The van der Waals surface area contributed by atoms with E-state index in [0.29, 0.717) is 17.7 Å². The van der Waals surface area contributed by atoms with Gasteiger partial charge in [0.05, 0.1) is 12.2 Å². The summed E-state index contributed by atoms with van der Waals surface area (Å²) in [6.07, 6.45) is -3.56. The average Bonchev–Trinajstić information content (AvgIpc) is 3.68. The molecule has 0 spiro atoms. The van der Waals surface area contributed by atoms with Gasteiger partial charge in [0, 0.05) is 34.8 Å². The zero-order valence-corrected chi connectivity index (χ0v) is 22.8. The number of nitrogens with two attached hydrogens (primary N) is 1. The zero-order chi connectivity index (χ0) is 30.9. The predicted octanol–water partition coefficient (Wildman–Crippen LogP) is 3.32. The summed E-state index contributed by atoms with van der Waals surface area (Å²) in [5.74, 6) is -2.58. The van der Waals surface area contributed by atoms with Gasteiger partial charge < -0.3 is 25.8 Å². The first-order chi connectivity index (χ1) is 20.2. The minimum atomic E-state index is -5.35. The van der Waals surface area contributed by atoms with Crippen molar-refractivity contribution in [2.24, 2.45) is 5.73 Å². The van der Waals surface area contributed by atoms with Crippen molar-refractivity contribution in [3.05, 3.63) is 82.3 Å². The molecule has 0 bridgehead atoms. The zero-order valence-electron chi connectivity index (χ0n) is 22.8. The van der Waals surface area contributed by atoms with E-state index in [9.17, 15) is 37.1 Å². The number of pyridine rings is 1. The lowest BCUT2D eigenvalue weighted by Gasteiger charge is -2.31. The summed E-state index contributed by atoms with van der Waals surface area (Å²) in [5.41, 5.74) is 0.369. The molecule has 0 radical (unpaired) electrons. The number of aromatic nitrogens is 1. The van der Waals surface area contributed by atoms with E-state index in [4.69, 9.17) is 10.5 Å². The molecular formula is C30H26F4N4O5. The van der Waals surface area contributed by atoms with Crippen LogP contribution in [0.5, 0.6) is 5.75 Å². The van der Waals surface area contributed by atoms with Gasteiger partial charge in [-0.15, -0.1) is 0 Å². The van der Waals surface area contributed by atoms with Gasteiger partial charge in [-0.25, -0.2) is 9.37 Å². The molecule has 1 aromatic heterocycles. The Bertz CT molecular complexity index is 1670. The second-order valence-electron chi connectivity index (χ2n) is 11.3. The quantitative estimate of drug-likeness (QED) is 0.358. The molecule has 1 aliphatic carbocycles. The summed E-state index contributed by atoms with van der Waals surface area (Å²) in [6, 6.07) is 9.98. The number of benzene rings is 2. The molecule has 3 amide bonds. The molecule has 3 aromatic rings. The minimum Gasteiger partial charge on any atom is -0.489 e. The molecule has 13 heteroatoms. The van der Waals surface area contributed by atoms with E-state index in [1.54, 1.807) is 4.90 Å². The minimum absolute atomic E-state index is 0.0114. The number of nitrogens with zero attached hydrogens (tertiary/aromatic N) is 2. The average molecular weight is 599 g/mol. The van der Waals surface area contributed by atoms with Crippen molar-refractivity contribution in [1.29, 1.82) is 0 Å². The third kappa shape index (κ3) is 4.67. The molecule has 1 saturated carbocycles. The Labute approximate surface area is 242 Å². The van der Waals surface area contributed by atoms with Crippen LogP contribution in [0.4, 0.5) is 17.6 Å². The second-order valence-corrected chi connectivity index (χ2v) is 11.3. The highest BCUT2D eigenvalue weighted by molar-refractivity contribution is 6.01. The molecule has 2 atom stereocenters. The van der Waals surface area contributed by atoms with E-state index >= 15 is 0 Å². The first-order valence-corrected chi connectivity index (χ1v) is 13.5. The van der Waals surface area contributed by atoms with Crippen LogP contribution < -0.4 is 15.8 Å². The lowest BCUT2D eigenvalue weighted by atomic mass is 9.81. The number of carbonyl (C=O) groups is 3. The number of amides is 3. The van der Waals surface area contributed by atoms with E-state index in [2.05, 4.69) is 10.3 Å². The van der Waals surface area contributed by atoms with Crippen molar-refractivity contribution in [1.82, 2.24) is 15.2 Å². The molecule has 1 fully saturated rings. The van der Waals surface area contributed by atoms with E-state index in [-0.39, 0.29) is 46.7 Å². The molecule has 3 aliphatic rings. The number of ether oxygens (including phenoxy) is 1. The van der Waals surface area contributed by atoms with E-state index < -0.39 is 47.1 Å². The fourth-order valence-corrected chi connectivity index (χ4v) is 5.41. The molecule has 0 saturated heterocycles. The van der Waals surface area contributed by atoms with Crippen LogP contribution in [-0.2, 0) is 22.4 Å². The highest BCUT2D eigenvalue weighted by Crippen LogP contribution is 2.47. The number of halogens is 4. The highest BCUT2D eigenvalue weighted by Gasteiger charge is 2.57. The molecular weight excluding hydrogens is 572 g/mol. The van der Waals surface area contributed by atoms with Gasteiger partial charge in [0.15, 0.2) is 0 Å². The number of hydrogen-bond acceptors (Lipinski definition) is 6. The Morgan fingerprint density at radius 2 is 1.86 bits per heavy atom. The summed E-state index contributed by atoms with van der Waals surface area (Å²) in [5, 5.41) is 13.3. The van der Waals surface area contributed by atoms with Gasteiger partial charge in [-0.2, -0.15) is 13.2 Å². The Morgan fingerprint density at radius 1 is 1.16 bits per heavy atom. The SMILES string of the molecule is C[C@]1(C(N)=O)COc2c1cc(C(O)(CNC(=O)c1ccc3c(c1)CN(C1CC1)C3=O)C(F)(F)F)nc2-c1ccc(F)cc1. The van der Waals surface area contributed by atoms with Crippen LogP contribution in [0, 0.1) is 5.82 Å². The van der Waals surface area contributed by atoms with Gasteiger partial charge in [-0.1, -0.05) is 0 Å². The largest absolute Gasteiger partial charge is 0.489 e. The third-order valence-electron chi connectivity index (χ3n) is 8.32. The predicted molar refractivity (Wildman–Crippen MR) is 143 cm³/mol. The number of nitrogens with one attached hydrogen (secondary N) is 1. The molecule has 2 aromatic carbocycles.